The molecule has 0 amide bonds. The summed E-state index contributed by atoms with van der Waals surface area (Å²) in [5.41, 5.74) is 2.11. The number of halogens is 2. The van der Waals surface area contributed by atoms with Crippen molar-refractivity contribution in [1.82, 2.24) is 15.2 Å². The van der Waals surface area contributed by atoms with Gasteiger partial charge in [-0.3, -0.25) is 10.3 Å². The van der Waals surface area contributed by atoms with Gasteiger partial charge in [0.05, 0.1) is 30.9 Å². The largest absolute Gasteiger partial charge is 0.493 e. The van der Waals surface area contributed by atoms with Crippen molar-refractivity contribution in [3.8, 4) is 11.5 Å². The minimum absolute atomic E-state index is 0.210. The third-order valence-corrected chi connectivity index (χ3v) is 11.0. The van der Waals surface area contributed by atoms with Crippen molar-refractivity contribution < 1.29 is 28.5 Å². The molecule has 2 aromatic heterocycles. The van der Waals surface area contributed by atoms with E-state index in [2.05, 4.69) is 15.2 Å². The van der Waals surface area contributed by atoms with Gasteiger partial charge < -0.3 is 23.8 Å². The number of carbonyl (C=O) groups excluding carboxylic acids is 2. The minimum Gasteiger partial charge on any atom is -0.493 e. The zero-order valence-corrected chi connectivity index (χ0v) is 29.7. The van der Waals surface area contributed by atoms with Crippen LogP contribution in [0.5, 0.6) is 11.5 Å². The van der Waals surface area contributed by atoms with Gasteiger partial charge in [-0.15, -0.1) is 11.3 Å². The Hall–Kier alpha value is -3.67. The Bertz CT molecular complexity index is 1730. The van der Waals surface area contributed by atoms with Gasteiger partial charge in [-0.2, -0.15) is 0 Å². The van der Waals surface area contributed by atoms with Gasteiger partial charge in [0.2, 0.25) is 0 Å². The Balaban J connectivity index is 1.14. The molecule has 1 unspecified atom stereocenters. The van der Waals surface area contributed by atoms with Gasteiger partial charge in [-0.25, -0.2) is 9.59 Å². The molecule has 2 bridgehead atoms. The predicted octanol–water partition coefficient (Wildman–Crippen LogP) is 7.32. The van der Waals surface area contributed by atoms with Crippen LogP contribution in [0.1, 0.15) is 56.2 Å². The lowest BCUT2D eigenvalue weighted by molar-refractivity contribution is -0.150. The molecule has 3 atom stereocenters. The molecule has 7 rings (SSSR count). The zero-order chi connectivity index (χ0) is 34.3. The van der Waals surface area contributed by atoms with E-state index in [0.29, 0.717) is 62.5 Å². The van der Waals surface area contributed by atoms with Crippen LogP contribution in [0.2, 0.25) is 10.0 Å². The highest BCUT2D eigenvalue weighted by Crippen LogP contribution is 2.36. The SMILES string of the molecule is COc1ccc([C@H](Cc2c(Cl)cncc2Cl)OC(=O)c2ccc(CNC(C(=O)OC[C@@H]3CN4CCC3CC4)c3ccccc3)s2)cc1OC. The summed E-state index contributed by atoms with van der Waals surface area (Å²) < 4.78 is 22.9. The van der Waals surface area contributed by atoms with Crippen molar-refractivity contribution in [2.24, 2.45) is 11.8 Å². The van der Waals surface area contributed by atoms with Gasteiger partial charge >= 0.3 is 11.9 Å². The van der Waals surface area contributed by atoms with E-state index >= 15 is 0 Å². The summed E-state index contributed by atoms with van der Waals surface area (Å²) in [4.78, 5) is 34.8. The van der Waals surface area contributed by atoms with Crippen LogP contribution in [0, 0.1) is 11.8 Å². The molecule has 9 nitrogen and oxygen atoms in total. The number of piperidine rings is 3. The second-order valence-corrected chi connectivity index (χ2v) is 14.3. The molecule has 2 aromatic carbocycles. The number of hydrogen-bond acceptors (Lipinski definition) is 10. The number of nitrogens with zero attached hydrogens (tertiary/aromatic N) is 2. The predicted molar refractivity (Wildman–Crippen MR) is 190 cm³/mol. The third kappa shape index (κ3) is 8.56. The molecule has 0 radical (unpaired) electrons. The fourth-order valence-electron chi connectivity index (χ4n) is 6.60. The van der Waals surface area contributed by atoms with Gasteiger partial charge in [0.1, 0.15) is 17.0 Å². The number of hydrogen-bond donors (Lipinski definition) is 1. The standard InChI is InChI=1S/C37H39Cl2N3O6S/c1-45-31-10-8-25(16-33(31)46-2)32(17-28-29(38)19-40-20-30(28)39)48-36(43)34-11-9-27(49-34)18-41-35(24-6-4-3-5-7-24)37(44)47-22-26-21-42-14-12-23(26)13-15-42/h3-11,16,19-20,23,26,32,35,41H,12-15,17-18,21-22H2,1-2H3/t26-,32-,35?/m0/s1. The van der Waals surface area contributed by atoms with E-state index in [1.165, 1.54) is 36.6 Å². The minimum atomic E-state index is -0.748. The van der Waals surface area contributed by atoms with Crippen molar-refractivity contribution in [2.75, 3.05) is 40.5 Å². The molecule has 3 fully saturated rings. The number of fused-ring (bicyclic) bond motifs is 3. The molecule has 3 saturated heterocycles. The summed E-state index contributed by atoms with van der Waals surface area (Å²) in [7, 11) is 3.10. The monoisotopic (exact) mass is 723 g/mol. The summed E-state index contributed by atoms with van der Waals surface area (Å²) in [5, 5.41) is 4.11. The first-order valence-electron chi connectivity index (χ1n) is 16.3. The molecule has 5 heterocycles. The number of rotatable bonds is 14. The van der Waals surface area contributed by atoms with Crippen molar-refractivity contribution in [1.29, 1.82) is 0 Å². The molecule has 49 heavy (non-hydrogen) atoms. The Morgan fingerprint density at radius 1 is 0.959 bits per heavy atom. The molecule has 4 aromatic rings. The number of carbonyl (C=O) groups is 2. The highest BCUT2D eigenvalue weighted by molar-refractivity contribution is 7.13. The van der Waals surface area contributed by atoms with Crippen LogP contribution >= 0.6 is 34.5 Å². The number of thiophene rings is 1. The third-order valence-electron chi connectivity index (χ3n) is 9.31. The molecule has 0 aliphatic carbocycles. The maximum absolute atomic E-state index is 13.6. The Kier molecular flexibility index (Phi) is 11.7. The average molecular weight is 725 g/mol. The number of esters is 2. The Morgan fingerprint density at radius 2 is 1.69 bits per heavy atom. The van der Waals surface area contributed by atoms with Gasteiger partial charge in [0.25, 0.3) is 0 Å². The molecule has 0 spiro atoms. The summed E-state index contributed by atoms with van der Waals surface area (Å²) in [5.74, 6) is 1.23. The Labute approximate surface area is 300 Å². The van der Waals surface area contributed by atoms with E-state index in [-0.39, 0.29) is 12.4 Å². The zero-order valence-electron chi connectivity index (χ0n) is 27.4. The number of pyridine rings is 1. The van der Waals surface area contributed by atoms with Gasteiger partial charge in [0, 0.05) is 42.7 Å². The first-order chi connectivity index (χ1) is 23.8. The second-order valence-electron chi connectivity index (χ2n) is 12.3. The van der Waals surface area contributed by atoms with Crippen LogP contribution < -0.4 is 14.8 Å². The lowest BCUT2D eigenvalue weighted by Crippen LogP contribution is -2.49. The highest BCUT2D eigenvalue weighted by Gasteiger charge is 2.35. The normalized spacial score (nSPS) is 19.6. The quantitative estimate of drug-likeness (QED) is 0.134. The maximum Gasteiger partial charge on any atom is 0.348 e. The first kappa shape index (κ1) is 35.2. The average Bonchev–Trinajstić information content (AvgIpc) is 3.62. The summed E-state index contributed by atoms with van der Waals surface area (Å²) in [6.45, 7) is 4.06. The van der Waals surface area contributed by atoms with Crippen LogP contribution in [0.25, 0.3) is 0 Å². The fraction of sp³-hybridized carbons (Fsp3) is 0.378. The second kappa shape index (κ2) is 16.4. The van der Waals surface area contributed by atoms with Crippen molar-refractivity contribution in [2.45, 2.75) is 38.0 Å². The molecule has 3 aliphatic rings. The molecule has 12 heteroatoms. The Morgan fingerprint density at radius 3 is 2.37 bits per heavy atom. The van der Waals surface area contributed by atoms with Gasteiger partial charge in [-0.05, 0) is 72.8 Å². The smallest absolute Gasteiger partial charge is 0.348 e. The maximum atomic E-state index is 13.6. The van der Waals surface area contributed by atoms with E-state index < -0.39 is 18.1 Å². The van der Waals surface area contributed by atoms with Crippen LogP contribution in [-0.4, -0.2) is 62.3 Å². The number of aromatic nitrogens is 1. The first-order valence-corrected chi connectivity index (χ1v) is 17.9. The van der Waals surface area contributed by atoms with Crippen LogP contribution in [0.3, 0.4) is 0 Å². The number of benzene rings is 2. The van der Waals surface area contributed by atoms with Crippen LogP contribution in [-0.2, 0) is 27.2 Å². The number of ether oxygens (including phenoxy) is 4. The van der Waals surface area contributed by atoms with Crippen LogP contribution in [0.15, 0.2) is 73.1 Å². The van der Waals surface area contributed by atoms with Crippen molar-refractivity contribution in [3.63, 3.8) is 0 Å². The summed E-state index contributed by atoms with van der Waals surface area (Å²) in [6.07, 6.45) is 4.82. The fourth-order valence-corrected chi connectivity index (χ4v) is 7.96. The molecular weight excluding hydrogens is 685 g/mol. The molecule has 1 N–H and O–H groups in total. The summed E-state index contributed by atoms with van der Waals surface area (Å²) >= 11 is 14.2. The summed E-state index contributed by atoms with van der Waals surface area (Å²) in [6, 6.07) is 17.8. The molecule has 258 valence electrons. The molecular formula is C37H39Cl2N3O6S. The number of nitrogens with one attached hydrogen (secondary N) is 1. The topological polar surface area (TPSA) is 99.2 Å². The lowest BCUT2D eigenvalue weighted by atomic mass is 9.79. The van der Waals surface area contributed by atoms with E-state index in [9.17, 15) is 9.59 Å². The van der Waals surface area contributed by atoms with Crippen molar-refractivity contribution in [3.05, 3.63) is 110 Å². The molecule has 0 saturated carbocycles. The molecule has 3 aliphatic heterocycles. The highest BCUT2D eigenvalue weighted by atomic mass is 35.5. The van der Waals surface area contributed by atoms with E-state index in [4.69, 9.17) is 42.1 Å². The van der Waals surface area contributed by atoms with Crippen molar-refractivity contribution >= 4 is 46.5 Å². The number of methoxy groups -OCH3 is 2. The van der Waals surface area contributed by atoms with Crippen LogP contribution in [0.4, 0.5) is 0 Å². The lowest BCUT2D eigenvalue weighted by Gasteiger charge is -2.44. The van der Waals surface area contributed by atoms with E-state index in [0.717, 1.165) is 30.1 Å². The van der Waals surface area contributed by atoms with Gasteiger partial charge in [-0.1, -0.05) is 59.6 Å². The van der Waals surface area contributed by atoms with Gasteiger partial charge in [0.15, 0.2) is 11.5 Å². The van der Waals surface area contributed by atoms with E-state index in [1.807, 2.05) is 42.5 Å². The van der Waals surface area contributed by atoms with E-state index in [1.54, 1.807) is 32.4 Å².